The highest BCUT2D eigenvalue weighted by Crippen LogP contribution is 2.41. The lowest BCUT2D eigenvalue weighted by Gasteiger charge is -2.18. The van der Waals surface area contributed by atoms with Gasteiger partial charge in [-0.2, -0.15) is 15.8 Å². The fourth-order valence-electron chi connectivity index (χ4n) is 7.48. The predicted octanol–water partition coefficient (Wildman–Crippen LogP) is 10.8. The lowest BCUT2D eigenvalue weighted by molar-refractivity contribution is 1.18. The van der Waals surface area contributed by atoms with Crippen LogP contribution in [0.25, 0.3) is 77.2 Å². The zero-order valence-corrected chi connectivity index (χ0v) is 26.7. The van der Waals surface area contributed by atoms with E-state index in [0.29, 0.717) is 16.7 Å². The van der Waals surface area contributed by atoms with Crippen molar-refractivity contribution in [2.45, 2.75) is 0 Å². The molecule has 2 aromatic heterocycles. The second kappa shape index (κ2) is 11.4. The maximum absolute atomic E-state index is 10.4. The van der Waals surface area contributed by atoms with Crippen LogP contribution in [-0.2, 0) is 0 Å². The molecule has 0 aliphatic heterocycles. The van der Waals surface area contributed by atoms with Crippen molar-refractivity contribution < 1.29 is 0 Å². The number of rotatable bonds is 4. The van der Waals surface area contributed by atoms with E-state index in [9.17, 15) is 15.8 Å². The molecule has 0 unspecified atom stereocenters. The first kappa shape index (κ1) is 28.8. The summed E-state index contributed by atoms with van der Waals surface area (Å²) in [6.45, 7) is 0. The number of hydrogen-bond donors (Lipinski definition) is 0. The molecule has 5 heteroatoms. The highest BCUT2D eigenvalue weighted by Gasteiger charge is 2.20. The van der Waals surface area contributed by atoms with E-state index in [0.717, 1.165) is 77.2 Å². The molecule has 7 aromatic carbocycles. The minimum Gasteiger partial charge on any atom is -0.309 e. The van der Waals surface area contributed by atoms with Crippen LogP contribution in [0.1, 0.15) is 16.7 Å². The number of benzene rings is 7. The van der Waals surface area contributed by atoms with Gasteiger partial charge >= 0.3 is 0 Å². The highest BCUT2D eigenvalue weighted by atomic mass is 15.0. The first-order chi connectivity index (χ1) is 24.7. The van der Waals surface area contributed by atoms with E-state index in [1.165, 1.54) is 0 Å². The SMILES string of the molecule is N#Cc1ccc2c(c1)c1ccccc1n2-c1ccc(-c2c(C#N)cccc2-c2ccccc2-n2c3ccccc3c3cc(C#N)ccc32)cc1. The highest BCUT2D eigenvalue weighted by molar-refractivity contribution is 6.11. The van der Waals surface area contributed by atoms with Crippen molar-refractivity contribution in [2.75, 3.05) is 0 Å². The summed E-state index contributed by atoms with van der Waals surface area (Å²) in [5.41, 5.74) is 11.7. The summed E-state index contributed by atoms with van der Waals surface area (Å²) in [6.07, 6.45) is 0. The number of fused-ring (bicyclic) bond motifs is 6. The average molecular weight is 636 g/mol. The van der Waals surface area contributed by atoms with Crippen LogP contribution in [0.5, 0.6) is 0 Å². The standard InChI is InChI=1S/C45H25N5/c46-26-29-16-22-43-38(24-29)35-10-2-4-13-40(35)49(43)33-20-18-31(19-21-33)45-32(28-48)8-7-12-37(45)34-9-1-5-14-41(34)50-42-15-6-3-11-36(42)39-25-30(27-47)17-23-44(39)50/h1-25H. The topological polar surface area (TPSA) is 81.2 Å². The number of hydrogen-bond acceptors (Lipinski definition) is 3. The Morgan fingerprint density at radius 3 is 1.58 bits per heavy atom. The lowest BCUT2D eigenvalue weighted by Crippen LogP contribution is -1.99. The lowest BCUT2D eigenvalue weighted by atomic mass is 9.90. The van der Waals surface area contributed by atoms with Gasteiger partial charge in [-0.1, -0.05) is 78.9 Å². The van der Waals surface area contributed by atoms with Gasteiger partial charge in [0.15, 0.2) is 0 Å². The van der Waals surface area contributed by atoms with Crippen molar-refractivity contribution in [1.82, 2.24) is 9.13 Å². The number of nitrogens with zero attached hydrogens (tertiary/aromatic N) is 5. The normalized spacial score (nSPS) is 11.1. The van der Waals surface area contributed by atoms with Gasteiger partial charge in [-0.3, -0.25) is 0 Å². The smallest absolute Gasteiger partial charge is 0.0998 e. The molecule has 0 saturated heterocycles. The van der Waals surface area contributed by atoms with Gasteiger partial charge in [-0.15, -0.1) is 0 Å². The first-order valence-corrected chi connectivity index (χ1v) is 16.3. The molecule has 2 heterocycles. The van der Waals surface area contributed by atoms with Gasteiger partial charge in [0.1, 0.15) is 0 Å². The fourth-order valence-corrected chi connectivity index (χ4v) is 7.48. The van der Waals surface area contributed by atoms with Crippen LogP contribution in [0.3, 0.4) is 0 Å². The van der Waals surface area contributed by atoms with E-state index in [-0.39, 0.29) is 0 Å². The summed E-state index contributed by atoms with van der Waals surface area (Å²) >= 11 is 0. The molecule has 0 atom stereocenters. The van der Waals surface area contributed by atoms with Crippen molar-refractivity contribution in [3.8, 4) is 51.8 Å². The summed E-state index contributed by atoms with van der Waals surface area (Å²) in [4.78, 5) is 0. The van der Waals surface area contributed by atoms with Crippen LogP contribution in [0.2, 0.25) is 0 Å². The largest absolute Gasteiger partial charge is 0.309 e. The molecule has 9 rings (SSSR count). The minimum absolute atomic E-state index is 0.590. The number of nitriles is 3. The Kier molecular flexibility index (Phi) is 6.56. The van der Waals surface area contributed by atoms with Crippen molar-refractivity contribution >= 4 is 43.6 Å². The summed E-state index contributed by atoms with van der Waals surface area (Å²) in [6, 6.07) is 57.8. The van der Waals surface area contributed by atoms with Crippen LogP contribution in [0, 0.1) is 34.0 Å². The Bertz CT molecular complexity index is 2960. The molecule has 50 heavy (non-hydrogen) atoms. The summed E-state index contributed by atoms with van der Waals surface area (Å²) in [7, 11) is 0. The third kappa shape index (κ3) is 4.31. The Labute approximate surface area is 287 Å². The zero-order valence-electron chi connectivity index (χ0n) is 26.7. The average Bonchev–Trinajstić information content (AvgIpc) is 3.69. The summed E-state index contributed by atoms with van der Waals surface area (Å²) in [5.74, 6) is 0. The summed E-state index contributed by atoms with van der Waals surface area (Å²) in [5, 5.41) is 33.9. The molecule has 0 amide bonds. The third-order valence-corrected chi connectivity index (χ3v) is 9.64. The Morgan fingerprint density at radius 2 is 0.940 bits per heavy atom. The molecule has 5 nitrogen and oxygen atoms in total. The van der Waals surface area contributed by atoms with Gasteiger partial charge < -0.3 is 9.13 Å². The van der Waals surface area contributed by atoms with Crippen molar-refractivity contribution in [3.63, 3.8) is 0 Å². The Hall–Kier alpha value is -7.39. The van der Waals surface area contributed by atoms with Gasteiger partial charge in [0.2, 0.25) is 0 Å². The molecule has 0 fully saturated rings. The predicted molar refractivity (Wildman–Crippen MR) is 200 cm³/mol. The molecule has 0 aliphatic rings. The van der Waals surface area contributed by atoms with Crippen LogP contribution in [0.15, 0.2) is 152 Å². The maximum Gasteiger partial charge on any atom is 0.0998 e. The number of para-hydroxylation sites is 3. The van der Waals surface area contributed by atoms with Gasteiger partial charge in [0.05, 0.1) is 62.7 Å². The third-order valence-electron chi connectivity index (χ3n) is 9.64. The van der Waals surface area contributed by atoms with Crippen LogP contribution >= 0.6 is 0 Å². The van der Waals surface area contributed by atoms with Gasteiger partial charge in [0.25, 0.3) is 0 Å². The quantitative estimate of drug-likeness (QED) is 0.193. The van der Waals surface area contributed by atoms with E-state index < -0.39 is 0 Å². The molecule has 0 spiro atoms. The molecule has 230 valence electrons. The van der Waals surface area contributed by atoms with Crippen molar-refractivity contribution in [2.24, 2.45) is 0 Å². The minimum atomic E-state index is 0.590. The molecule has 0 saturated carbocycles. The molecular weight excluding hydrogens is 611 g/mol. The molecule has 0 N–H and O–H groups in total. The zero-order chi connectivity index (χ0) is 33.8. The Morgan fingerprint density at radius 1 is 0.400 bits per heavy atom. The van der Waals surface area contributed by atoms with Crippen molar-refractivity contribution in [3.05, 3.63) is 168 Å². The van der Waals surface area contributed by atoms with Gasteiger partial charge in [-0.05, 0) is 83.9 Å². The van der Waals surface area contributed by atoms with Gasteiger partial charge in [-0.25, -0.2) is 0 Å². The monoisotopic (exact) mass is 635 g/mol. The molecule has 0 radical (unpaired) electrons. The van der Waals surface area contributed by atoms with Crippen LogP contribution in [-0.4, -0.2) is 9.13 Å². The van der Waals surface area contributed by atoms with Crippen LogP contribution in [0.4, 0.5) is 0 Å². The van der Waals surface area contributed by atoms with E-state index in [4.69, 9.17) is 0 Å². The van der Waals surface area contributed by atoms with E-state index in [1.54, 1.807) is 0 Å². The fraction of sp³-hybridized carbons (Fsp3) is 0. The second-order valence-electron chi connectivity index (χ2n) is 12.3. The van der Waals surface area contributed by atoms with E-state index >= 15 is 0 Å². The van der Waals surface area contributed by atoms with E-state index in [2.05, 4.69) is 94.1 Å². The first-order valence-electron chi connectivity index (χ1n) is 16.3. The molecule has 0 bridgehead atoms. The van der Waals surface area contributed by atoms with E-state index in [1.807, 2.05) is 84.9 Å². The molecular formula is C45H25N5. The van der Waals surface area contributed by atoms with Gasteiger partial charge in [0, 0.05) is 38.4 Å². The molecule has 9 aromatic rings. The molecule has 0 aliphatic carbocycles. The maximum atomic E-state index is 10.4. The number of aromatic nitrogens is 2. The Balaban J connectivity index is 1.24. The van der Waals surface area contributed by atoms with Crippen molar-refractivity contribution in [1.29, 1.82) is 15.8 Å². The summed E-state index contributed by atoms with van der Waals surface area (Å²) < 4.78 is 4.48. The second-order valence-corrected chi connectivity index (χ2v) is 12.3. The van der Waals surface area contributed by atoms with Crippen LogP contribution < -0.4 is 0 Å².